The summed E-state index contributed by atoms with van der Waals surface area (Å²) in [5.74, 6) is 0.767. The van der Waals surface area contributed by atoms with Crippen LogP contribution < -0.4 is 4.74 Å². The van der Waals surface area contributed by atoms with Crippen LogP contribution in [0.3, 0.4) is 0 Å². The number of nitrogens with zero attached hydrogens (tertiary/aromatic N) is 2. The van der Waals surface area contributed by atoms with Gasteiger partial charge in [-0.05, 0) is 32.8 Å². The van der Waals surface area contributed by atoms with Gasteiger partial charge in [0, 0.05) is 35.8 Å². The molecule has 0 saturated heterocycles. The Morgan fingerprint density at radius 1 is 1.14 bits per heavy atom. The van der Waals surface area contributed by atoms with Crippen LogP contribution in [0, 0.1) is 9.93 Å². The Balaban J connectivity index is 0.000000994. The van der Waals surface area contributed by atoms with E-state index >= 15 is 0 Å². The first kappa shape index (κ1) is 26.9. The molecule has 0 spiro atoms. The Labute approximate surface area is 219 Å². The van der Waals surface area contributed by atoms with Gasteiger partial charge in [0.15, 0.2) is 11.7 Å². The molecule has 198 valence electrons. The number of aromatic nitrogens is 4. The van der Waals surface area contributed by atoms with Crippen molar-refractivity contribution in [2.45, 2.75) is 64.0 Å². The molecule has 6 nitrogen and oxygen atoms in total. The lowest BCUT2D eigenvalue weighted by Gasteiger charge is -2.42. The van der Waals surface area contributed by atoms with E-state index < -0.39 is 17.0 Å². The van der Waals surface area contributed by atoms with E-state index in [-0.39, 0.29) is 30.9 Å². The summed E-state index contributed by atoms with van der Waals surface area (Å²) >= 11 is 5.49. The molecule has 0 bridgehead atoms. The zero-order chi connectivity index (χ0) is 26.8. The molecule has 2 fully saturated rings. The summed E-state index contributed by atoms with van der Waals surface area (Å²) in [6, 6.07) is 5.14. The summed E-state index contributed by atoms with van der Waals surface area (Å²) in [7, 11) is 0. The number of pyridine rings is 2. The molecular weight excluding hydrogens is 501 g/mol. The lowest BCUT2D eigenvalue weighted by atomic mass is 9.66. The quantitative estimate of drug-likeness (QED) is 0.213. The predicted molar refractivity (Wildman–Crippen MR) is 139 cm³/mol. The van der Waals surface area contributed by atoms with Crippen LogP contribution in [-0.4, -0.2) is 37.8 Å². The number of imidazole rings is 1. The van der Waals surface area contributed by atoms with Crippen molar-refractivity contribution in [3.63, 3.8) is 0 Å². The Morgan fingerprint density at radius 2 is 1.84 bits per heavy atom. The predicted octanol–water partition coefficient (Wildman–Crippen LogP) is 7.83. The number of aromatic amines is 2. The van der Waals surface area contributed by atoms with Gasteiger partial charge in [-0.15, -0.1) is 0 Å². The average Bonchev–Trinajstić information content (AvgIpc) is 3.61. The van der Waals surface area contributed by atoms with Crippen LogP contribution in [0.15, 0.2) is 49.1 Å². The van der Waals surface area contributed by atoms with Crippen molar-refractivity contribution in [1.82, 2.24) is 19.9 Å². The fourth-order valence-electron chi connectivity index (χ4n) is 3.73. The minimum Gasteiger partial charge on any atom is -0.512 e. The molecule has 5 rings (SSSR count). The summed E-state index contributed by atoms with van der Waals surface area (Å²) in [6.45, 7) is 7.38. The smallest absolute Gasteiger partial charge is 0.399 e. The number of hydrogen-bond acceptors (Lipinski definition) is 5. The fourth-order valence-corrected chi connectivity index (χ4v) is 4.01. The largest absolute Gasteiger partial charge is 0.512 e. The Hall–Kier alpha value is -3.14. The summed E-state index contributed by atoms with van der Waals surface area (Å²) < 4.78 is 47.0. The normalized spacial score (nSPS) is 16.2. The monoisotopic (exact) mass is 532 g/mol. The molecule has 2 saturated carbocycles. The van der Waals surface area contributed by atoms with Crippen molar-refractivity contribution in [2.75, 3.05) is 6.61 Å². The number of halogens is 3. The van der Waals surface area contributed by atoms with Gasteiger partial charge in [0.05, 0.1) is 21.4 Å². The molecule has 0 atom stereocenters. The number of H-pyrrole nitrogens is 2. The van der Waals surface area contributed by atoms with Crippen molar-refractivity contribution in [2.24, 2.45) is 5.41 Å². The van der Waals surface area contributed by atoms with E-state index in [4.69, 9.17) is 17.0 Å². The molecule has 0 amide bonds. The van der Waals surface area contributed by atoms with E-state index in [1.807, 2.05) is 13.8 Å². The summed E-state index contributed by atoms with van der Waals surface area (Å²) in [4.78, 5) is 14.4. The average molecular weight is 533 g/mol. The zero-order valence-corrected chi connectivity index (χ0v) is 21.7. The number of rotatable bonds is 7. The number of nitrogens with one attached hydrogen (secondary N) is 2. The first-order chi connectivity index (χ1) is 17.4. The SMILES string of the molecule is C1CC1.C=C(O)C(C)(C)COc1cc(=S)c(-c2ccc(-c3ncc(C4(C(F)(F)F)CCC4)[nH]3)nc2)c[nH]1. The first-order valence-electron chi connectivity index (χ1n) is 12.3. The minimum atomic E-state index is -4.32. The molecule has 2 aliphatic rings. The number of ether oxygens (including phenoxy) is 1. The molecule has 3 N–H and O–H groups in total. The minimum absolute atomic E-state index is 0.0267. The fraction of sp³-hybridized carbons (Fsp3) is 0.444. The number of aliphatic hydroxyl groups excluding tert-OH is 1. The molecule has 0 aliphatic heterocycles. The molecule has 3 aromatic heterocycles. The zero-order valence-electron chi connectivity index (χ0n) is 20.9. The maximum absolute atomic E-state index is 13.6. The van der Waals surface area contributed by atoms with Crippen LogP contribution in [0.25, 0.3) is 22.6 Å². The Kier molecular flexibility index (Phi) is 7.50. The maximum atomic E-state index is 13.6. The number of aliphatic hydroxyl groups is 1. The van der Waals surface area contributed by atoms with Crippen LogP contribution in [-0.2, 0) is 5.41 Å². The second-order valence-electron chi connectivity index (χ2n) is 10.3. The van der Waals surface area contributed by atoms with Crippen molar-refractivity contribution >= 4 is 12.2 Å². The van der Waals surface area contributed by atoms with Crippen molar-refractivity contribution in [1.29, 1.82) is 0 Å². The van der Waals surface area contributed by atoms with E-state index in [1.165, 1.54) is 25.5 Å². The van der Waals surface area contributed by atoms with Crippen molar-refractivity contribution in [3.05, 3.63) is 59.3 Å². The van der Waals surface area contributed by atoms with Gasteiger partial charge in [0.2, 0.25) is 0 Å². The van der Waals surface area contributed by atoms with Crippen LogP contribution in [0.5, 0.6) is 5.88 Å². The van der Waals surface area contributed by atoms with Gasteiger partial charge < -0.3 is 19.8 Å². The number of alkyl halides is 3. The third kappa shape index (κ3) is 5.89. The van der Waals surface area contributed by atoms with Gasteiger partial charge in [-0.3, -0.25) is 4.98 Å². The van der Waals surface area contributed by atoms with Gasteiger partial charge >= 0.3 is 6.18 Å². The highest BCUT2D eigenvalue weighted by atomic mass is 32.1. The highest BCUT2D eigenvalue weighted by molar-refractivity contribution is 7.71. The summed E-state index contributed by atoms with van der Waals surface area (Å²) in [5, 5.41) is 9.63. The van der Waals surface area contributed by atoms with Gasteiger partial charge in [0.1, 0.15) is 17.7 Å². The van der Waals surface area contributed by atoms with Crippen LogP contribution in [0.4, 0.5) is 13.2 Å². The first-order valence-corrected chi connectivity index (χ1v) is 12.7. The highest BCUT2D eigenvalue weighted by Gasteiger charge is 2.60. The molecular formula is C27H31F3N4O2S. The van der Waals surface area contributed by atoms with Gasteiger partial charge in [-0.25, -0.2) is 4.98 Å². The Morgan fingerprint density at radius 3 is 2.32 bits per heavy atom. The molecule has 2 aliphatic carbocycles. The lowest BCUT2D eigenvalue weighted by Crippen LogP contribution is -2.48. The van der Waals surface area contributed by atoms with Gasteiger partial charge in [-0.1, -0.05) is 50.5 Å². The lowest BCUT2D eigenvalue weighted by molar-refractivity contribution is -0.213. The van der Waals surface area contributed by atoms with E-state index in [9.17, 15) is 18.3 Å². The topological polar surface area (TPSA) is 86.8 Å². The van der Waals surface area contributed by atoms with Crippen LogP contribution >= 0.6 is 12.2 Å². The third-order valence-corrected chi connectivity index (χ3v) is 7.11. The standard InChI is InChI=1S/C24H25F3N4O2S.C3H6/c1-14(32)22(2,3)13-33-20-9-18(34)16(11-29-20)15-5-6-17(28-10-15)21-30-12-19(31-21)23(7-4-8-23)24(25,26)27;1-2-3-1/h5-6,9-12,32H,1,4,7-8,13H2,2-3H3,(H,29,34)(H,30,31);1-3H2. The highest BCUT2D eigenvalue weighted by Crippen LogP contribution is 2.54. The molecule has 37 heavy (non-hydrogen) atoms. The Bertz CT molecular complexity index is 1300. The van der Waals surface area contributed by atoms with Crippen molar-refractivity contribution in [3.8, 4) is 28.5 Å². The summed E-state index contributed by atoms with van der Waals surface area (Å²) in [5.41, 5.74) is -0.478. The van der Waals surface area contributed by atoms with Gasteiger partial charge in [0.25, 0.3) is 0 Å². The van der Waals surface area contributed by atoms with Gasteiger partial charge in [-0.2, -0.15) is 13.2 Å². The van der Waals surface area contributed by atoms with E-state index in [0.29, 0.717) is 28.3 Å². The molecule has 3 aromatic rings. The van der Waals surface area contributed by atoms with Crippen LogP contribution in [0.2, 0.25) is 0 Å². The molecule has 0 radical (unpaired) electrons. The van der Waals surface area contributed by atoms with Crippen LogP contribution in [0.1, 0.15) is 58.1 Å². The molecule has 0 aromatic carbocycles. The van der Waals surface area contributed by atoms with E-state index in [1.54, 1.807) is 30.6 Å². The van der Waals surface area contributed by atoms with E-state index in [2.05, 4.69) is 26.5 Å². The second-order valence-corrected chi connectivity index (χ2v) is 10.7. The van der Waals surface area contributed by atoms with E-state index in [0.717, 1.165) is 11.1 Å². The molecule has 3 heterocycles. The second kappa shape index (κ2) is 10.3. The maximum Gasteiger partial charge on any atom is 0.399 e. The summed E-state index contributed by atoms with van der Waals surface area (Å²) in [6.07, 6.45) is 5.41. The molecule has 10 heteroatoms. The molecule has 0 unspecified atom stereocenters. The number of hydrogen-bond donors (Lipinski definition) is 3. The third-order valence-electron chi connectivity index (χ3n) is 6.77. The van der Waals surface area contributed by atoms with Crippen molar-refractivity contribution < 1.29 is 23.0 Å².